The van der Waals surface area contributed by atoms with Crippen LogP contribution in [-0.2, 0) is 6.54 Å². The van der Waals surface area contributed by atoms with Crippen molar-refractivity contribution >= 4 is 33.2 Å². The molecule has 7 heteroatoms. The number of hydrogen-bond donors (Lipinski definition) is 1. The molecule has 27 heavy (non-hydrogen) atoms. The normalized spacial score (nSPS) is 12.7. The Morgan fingerprint density at radius 3 is 2.93 bits per heavy atom. The Morgan fingerprint density at radius 2 is 2.19 bits per heavy atom. The number of fused-ring (bicyclic) bond motifs is 1. The highest BCUT2D eigenvalue weighted by Crippen LogP contribution is 2.31. The first kappa shape index (κ1) is 18.0. The number of rotatable bonds is 5. The van der Waals surface area contributed by atoms with Gasteiger partial charge in [-0.1, -0.05) is 23.7 Å². The third kappa shape index (κ3) is 3.56. The minimum Gasteiger partial charge on any atom is -0.464 e. The van der Waals surface area contributed by atoms with Crippen LogP contribution in [0.5, 0.6) is 0 Å². The van der Waals surface area contributed by atoms with E-state index in [9.17, 15) is 4.79 Å². The molecule has 0 radical (unpaired) electrons. The smallest absolute Gasteiger partial charge is 0.260 e. The van der Waals surface area contributed by atoms with E-state index in [4.69, 9.17) is 21.0 Å². The van der Waals surface area contributed by atoms with E-state index in [1.807, 2.05) is 55.7 Å². The van der Waals surface area contributed by atoms with Crippen molar-refractivity contribution in [2.24, 2.45) is 0 Å². The van der Waals surface area contributed by atoms with Crippen LogP contribution in [0.4, 0.5) is 0 Å². The minimum atomic E-state index is -0.148. The van der Waals surface area contributed by atoms with Crippen LogP contribution in [0.15, 0.2) is 57.3 Å². The van der Waals surface area contributed by atoms with E-state index in [0.29, 0.717) is 33.4 Å². The van der Waals surface area contributed by atoms with Crippen LogP contribution in [0.2, 0.25) is 5.02 Å². The Morgan fingerprint density at radius 1 is 1.33 bits per heavy atom. The molecule has 0 aliphatic heterocycles. The van der Waals surface area contributed by atoms with Crippen molar-refractivity contribution in [3.05, 3.63) is 74.8 Å². The lowest BCUT2D eigenvalue weighted by Crippen LogP contribution is -2.25. The summed E-state index contributed by atoms with van der Waals surface area (Å²) in [6, 6.07) is 11.4. The number of nitrogens with zero attached hydrogens (tertiary/aromatic N) is 2. The van der Waals surface area contributed by atoms with Gasteiger partial charge in [0.2, 0.25) is 0 Å². The van der Waals surface area contributed by atoms with Crippen molar-refractivity contribution in [2.75, 3.05) is 7.05 Å². The fourth-order valence-electron chi connectivity index (χ4n) is 3.05. The van der Waals surface area contributed by atoms with E-state index >= 15 is 0 Å². The first-order valence-electron chi connectivity index (χ1n) is 8.53. The largest absolute Gasteiger partial charge is 0.464 e. The number of thiophene rings is 1. The molecule has 0 aliphatic carbocycles. The lowest BCUT2D eigenvalue weighted by Gasteiger charge is -2.24. The van der Waals surface area contributed by atoms with Gasteiger partial charge in [-0.15, -0.1) is 11.3 Å². The van der Waals surface area contributed by atoms with Gasteiger partial charge in [0.25, 0.3) is 5.56 Å². The Hall–Kier alpha value is -2.41. The summed E-state index contributed by atoms with van der Waals surface area (Å²) in [6.07, 6.45) is 1.60. The predicted octanol–water partition coefficient (Wildman–Crippen LogP) is 5.09. The van der Waals surface area contributed by atoms with Gasteiger partial charge in [-0.25, -0.2) is 4.98 Å². The van der Waals surface area contributed by atoms with Crippen LogP contribution in [0, 0.1) is 0 Å². The fourth-order valence-corrected chi connectivity index (χ4v) is 4.19. The standard InChI is InChI=1S/C20H18ClN3O2S/c1-12(24(2)10-13-5-3-6-14(21)9-13)18-22-19(25)17-15(11-27-20(17)23-18)16-7-4-8-26-16/h3-9,11-12H,10H2,1-2H3,(H,22,23,25)/t12-/m1/s1. The zero-order valence-electron chi connectivity index (χ0n) is 14.9. The van der Waals surface area contributed by atoms with Crippen LogP contribution in [0.1, 0.15) is 24.4 Å². The maximum atomic E-state index is 12.7. The topological polar surface area (TPSA) is 62.1 Å². The molecule has 4 aromatic rings. The molecule has 4 rings (SSSR count). The number of furan rings is 1. The summed E-state index contributed by atoms with van der Waals surface area (Å²) in [7, 11) is 2.00. The van der Waals surface area contributed by atoms with Crippen molar-refractivity contribution in [2.45, 2.75) is 19.5 Å². The van der Waals surface area contributed by atoms with Gasteiger partial charge in [-0.3, -0.25) is 9.69 Å². The summed E-state index contributed by atoms with van der Waals surface area (Å²) < 4.78 is 5.44. The van der Waals surface area contributed by atoms with Crippen LogP contribution >= 0.6 is 22.9 Å². The van der Waals surface area contributed by atoms with Gasteiger partial charge >= 0.3 is 0 Å². The van der Waals surface area contributed by atoms with Crippen molar-refractivity contribution in [3.63, 3.8) is 0 Å². The Kier molecular flexibility index (Phi) is 4.86. The number of halogens is 1. The van der Waals surface area contributed by atoms with Gasteiger partial charge in [-0.2, -0.15) is 0 Å². The van der Waals surface area contributed by atoms with E-state index in [2.05, 4.69) is 9.88 Å². The molecule has 0 aliphatic rings. The lowest BCUT2D eigenvalue weighted by molar-refractivity contribution is 0.244. The maximum Gasteiger partial charge on any atom is 0.260 e. The second kappa shape index (κ2) is 7.31. The number of benzene rings is 1. The van der Waals surface area contributed by atoms with E-state index in [-0.39, 0.29) is 11.6 Å². The minimum absolute atomic E-state index is 0.0600. The highest BCUT2D eigenvalue weighted by atomic mass is 35.5. The molecule has 1 atom stereocenters. The van der Waals surface area contributed by atoms with Crippen molar-refractivity contribution < 1.29 is 4.42 Å². The third-order valence-corrected chi connectivity index (χ3v) is 5.73. The van der Waals surface area contributed by atoms with Gasteiger partial charge < -0.3 is 9.40 Å². The second-order valence-corrected chi connectivity index (χ2v) is 7.77. The molecule has 0 spiro atoms. The summed E-state index contributed by atoms with van der Waals surface area (Å²) in [5.41, 5.74) is 1.74. The molecule has 1 N–H and O–H groups in total. The zero-order chi connectivity index (χ0) is 19.0. The predicted molar refractivity (Wildman–Crippen MR) is 109 cm³/mol. The van der Waals surface area contributed by atoms with Crippen molar-refractivity contribution in [1.29, 1.82) is 0 Å². The highest BCUT2D eigenvalue weighted by molar-refractivity contribution is 7.17. The van der Waals surface area contributed by atoms with Gasteiger partial charge in [0.1, 0.15) is 16.4 Å². The number of hydrogen-bond acceptors (Lipinski definition) is 5. The van der Waals surface area contributed by atoms with Crippen LogP contribution in [-0.4, -0.2) is 21.9 Å². The average molecular weight is 400 g/mol. The molecule has 5 nitrogen and oxygen atoms in total. The maximum absolute atomic E-state index is 12.7. The number of nitrogens with one attached hydrogen (secondary N) is 1. The molecule has 1 aromatic carbocycles. The van der Waals surface area contributed by atoms with Crippen LogP contribution < -0.4 is 5.56 Å². The Bertz CT molecular complexity index is 1130. The molecular formula is C20H18ClN3O2S. The van der Waals surface area contributed by atoms with Gasteiger partial charge in [0, 0.05) is 22.5 Å². The SMILES string of the molecule is C[C@H](c1nc2scc(-c3ccco3)c2c(=O)[nH]1)N(C)Cc1cccc(Cl)c1. The molecule has 3 aromatic heterocycles. The molecule has 0 saturated carbocycles. The fraction of sp³-hybridized carbons (Fsp3) is 0.200. The summed E-state index contributed by atoms with van der Waals surface area (Å²) >= 11 is 7.52. The van der Waals surface area contributed by atoms with E-state index in [1.165, 1.54) is 11.3 Å². The summed E-state index contributed by atoms with van der Waals surface area (Å²) in [5.74, 6) is 1.32. The molecular weight excluding hydrogens is 382 g/mol. The molecule has 138 valence electrons. The Balaban J connectivity index is 1.64. The number of H-pyrrole nitrogens is 1. The van der Waals surface area contributed by atoms with Gasteiger partial charge in [0.15, 0.2) is 0 Å². The first-order chi connectivity index (χ1) is 13.0. The highest BCUT2D eigenvalue weighted by Gasteiger charge is 2.19. The first-order valence-corrected chi connectivity index (χ1v) is 9.78. The van der Waals surface area contributed by atoms with E-state index in [1.54, 1.807) is 6.26 Å². The molecule has 0 unspecified atom stereocenters. The van der Waals surface area contributed by atoms with Crippen molar-refractivity contribution in [1.82, 2.24) is 14.9 Å². The lowest BCUT2D eigenvalue weighted by atomic mass is 10.1. The molecule has 0 saturated heterocycles. The van der Waals surface area contributed by atoms with Crippen LogP contribution in [0.25, 0.3) is 21.5 Å². The van der Waals surface area contributed by atoms with Crippen LogP contribution in [0.3, 0.4) is 0 Å². The average Bonchev–Trinajstić information content (AvgIpc) is 3.30. The molecule has 0 amide bonds. The molecule has 0 fully saturated rings. The van der Waals surface area contributed by atoms with Gasteiger partial charge in [0.05, 0.1) is 17.7 Å². The summed E-state index contributed by atoms with van der Waals surface area (Å²) in [5, 5.41) is 3.20. The summed E-state index contributed by atoms with van der Waals surface area (Å²) in [6.45, 7) is 2.72. The van der Waals surface area contributed by atoms with E-state index < -0.39 is 0 Å². The quantitative estimate of drug-likeness (QED) is 0.507. The second-order valence-electron chi connectivity index (χ2n) is 6.48. The monoisotopic (exact) mass is 399 g/mol. The van der Waals surface area contributed by atoms with E-state index in [0.717, 1.165) is 11.1 Å². The van der Waals surface area contributed by atoms with Gasteiger partial charge in [-0.05, 0) is 43.8 Å². The number of aromatic amines is 1. The summed E-state index contributed by atoms with van der Waals surface area (Å²) in [4.78, 5) is 23.2. The Labute approximate surface area is 165 Å². The third-order valence-electron chi connectivity index (χ3n) is 4.63. The number of aromatic nitrogens is 2. The molecule has 0 bridgehead atoms. The molecule has 3 heterocycles. The van der Waals surface area contributed by atoms with Crippen molar-refractivity contribution in [3.8, 4) is 11.3 Å². The zero-order valence-corrected chi connectivity index (χ0v) is 16.5.